The summed E-state index contributed by atoms with van der Waals surface area (Å²) in [4.78, 5) is 10.4. The van der Waals surface area contributed by atoms with Gasteiger partial charge in [-0.25, -0.2) is 9.97 Å². The Morgan fingerprint density at radius 1 is 1.36 bits per heavy atom. The van der Waals surface area contributed by atoms with Gasteiger partial charge in [0.25, 0.3) is 0 Å². The Bertz CT molecular complexity index is 631. The van der Waals surface area contributed by atoms with Crippen molar-refractivity contribution in [3.63, 3.8) is 0 Å². The average Bonchev–Trinajstić information content (AvgIpc) is 3.24. The van der Waals surface area contributed by atoms with Crippen molar-refractivity contribution in [3.05, 3.63) is 42.6 Å². The van der Waals surface area contributed by atoms with E-state index in [0.717, 1.165) is 30.8 Å². The molecule has 0 bridgehead atoms. The van der Waals surface area contributed by atoms with Gasteiger partial charge in [-0.2, -0.15) is 0 Å². The van der Waals surface area contributed by atoms with Gasteiger partial charge in [-0.1, -0.05) is 6.07 Å². The zero-order chi connectivity index (χ0) is 17.6. The van der Waals surface area contributed by atoms with E-state index in [0.29, 0.717) is 19.0 Å². The highest BCUT2D eigenvalue weighted by Crippen LogP contribution is 2.27. The first-order valence-electron chi connectivity index (χ1n) is 8.80. The number of anilines is 1. The molecule has 1 fully saturated rings. The van der Waals surface area contributed by atoms with Gasteiger partial charge < -0.3 is 25.0 Å². The molecule has 0 radical (unpaired) electrons. The molecule has 0 aliphatic heterocycles. The van der Waals surface area contributed by atoms with Crippen molar-refractivity contribution in [2.45, 2.75) is 38.1 Å². The Balaban J connectivity index is 1.48. The molecule has 0 amide bonds. The summed E-state index contributed by atoms with van der Waals surface area (Å²) in [6, 6.07) is 4.11. The molecule has 3 N–H and O–H groups in total. The minimum atomic E-state index is -0.309. The molecule has 3 rings (SSSR count). The Morgan fingerprint density at radius 2 is 2.24 bits per heavy atom. The van der Waals surface area contributed by atoms with Crippen LogP contribution in [0, 0.1) is 5.92 Å². The normalized spacial score (nSPS) is 23.1. The number of rotatable bonds is 8. The summed E-state index contributed by atoms with van der Waals surface area (Å²) in [5.74, 6) is 1.31. The molecule has 1 aliphatic rings. The molecule has 136 valence electrons. The zero-order valence-corrected chi connectivity index (χ0v) is 14.6. The Hall–Kier alpha value is -1.96. The summed E-state index contributed by atoms with van der Waals surface area (Å²) in [6.45, 7) is 2.28. The van der Waals surface area contributed by atoms with Gasteiger partial charge >= 0.3 is 0 Å². The second-order valence-electron chi connectivity index (χ2n) is 6.82. The first-order chi connectivity index (χ1) is 12.2. The first kappa shape index (κ1) is 17.8. The molecule has 2 aromatic heterocycles. The van der Waals surface area contributed by atoms with E-state index in [9.17, 15) is 5.11 Å². The lowest BCUT2D eigenvalue weighted by atomic mass is 10.1. The number of imidazole rings is 1. The lowest BCUT2D eigenvalue weighted by molar-refractivity contribution is 0.145. The van der Waals surface area contributed by atoms with Crippen LogP contribution >= 0.6 is 0 Å². The van der Waals surface area contributed by atoms with Crippen LogP contribution in [-0.4, -0.2) is 57.1 Å². The zero-order valence-electron chi connectivity index (χ0n) is 14.6. The van der Waals surface area contributed by atoms with Crippen molar-refractivity contribution >= 4 is 5.82 Å². The molecule has 0 aromatic carbocycles. The van der Waals surface area contributed by atoms with Gasteiger partial charge in [0.15, 0.2) is 0 Å². The van der Waals surface area contributed by atoms with Gasteiger partial charge in [-0.3, -0.25) is 0 Å². The second-order valence-corrected chi connectivity index (χ2v) is 6.82. The molecule has 7 nitrogen and oxygen atoms in total. The van der Waals surface area contributed by atoms with E-state index in [1.165, 1.54) is 0 Å². The molecule has 25 heavy (non-hydrogen) atoms. The van der Waals surface area contributed by atoms with Gasteiger partial charge in [0, 0.05) is 51.3 Å². The first-order valence-corrected chi connectivity index (χ1v) is 8.80. The van der Waals surface area contributed by atoms with Crippen LogP contribution in [0.4, 0.5) is 5.82 Å². The summed E-state index contributed by atoms with van der Waals surface area (Å²) >= 11 is 0. The van der Waals surface area contributed by atoms with Crippen LogP contribution in [0.2, 0.25) is 0 Å². The number of hydrogen-bond donors (Lipinski definition) is 3. The molecule has 7 heteroatoms. The number of nitrogens with zero attached hydrogens (tertiary/aromatic N) is 4. The molecular weight excluding hydrogens is 318 g/mol. The summed E-state index contributed by atoms with van der Waals surface area (Å²) in [5, 5.41) is 22.7. The molecule has 1 unspecified atom stereocenters. The van der Waals surface area contributed by atoms with E-state index in [1.807, 2.05) is 42.8 Å². The van der Waals surface area contributed by atoms with Crippen molar-refractivity contribution in [2.24, 2.45) is 5.92 Å². The third kappa shape index (κ3) is 4.78. The highest BCUT2D eigenvalue weighted by molar-refractivity contribution is 5.38. The topological polar surface area (TPSA) is 86.4 Å². The predicted molar refractivity (Wildman–Crippen MR) is 96.2 cm³/mol. The van der Waals surface area contributed by atoms with E-state index in [1.54, 1.807) is 6.20 Å². The van der Waals surface area contributed by atoms with Crippen LogP contribution in [0.25, 0.3) is 0 Å². The largest absolute Gasteiger partial charge is 0.395 e. The van der Waals surface area contributed by atoms with Crippen LogP contribution in [0.3, 0.4) is 0 Å². The molecule has 0 saturated heterocycles. The molecule has 2 aromatic rings. The van der Waals surface area contributed by atoms with Crippen molar-refractivity contribution in [3.8, 4) is 0 Å². The fourth-order valence-corrected chi connectivity index (χ4v) is 3.44. The fraction of sp³-hybridized carbons (Fsp3) is 0.556. The van der Waals surface area contributed by atoms with Gasteiger partial charge in [0.1, 0.15) is 5.82 Å². The van der Waals surface area contributed by atoms with E-state index in [4.69, 9.17) is 5.11 Å². The second kappa shape index (κ2) is 8.42. The summed E-state index contributed by atoms with van der Waals surface area (Å²) in [5.41, 5.74) is 1.09. The fourth-order valence-electron chi connectivity index (χ4n) is 3.44. The quantitative estimate of drug-likeness (QED) is 0.651. The number of likely N-dealkylation sites (N-methyl/N-ethyl adjacent to an activating group) is 1. The lowest BCUT2D eigenvalue weighted by Gasteiger charge is -2.18. The molecule has 3 atom stereocenters. The maximum atomic E-state index is 10.3. The number of hydrogen-bond acceptors (Lipinski definition) is 6. The Morgan fingerprint density at radius 3 is 2.92 bits per heavy atom. The summed E-state index contributed by atoms with van der Waals surface area (Å²) < 4.78 is 2.07. The Labute approximate surface area is 148 Å². The summed E-state index contributed by atoms with van der Waals surface area (Å²) in [7, 11) is 1.91. The number of aliphatic hydroxyl groups excluding tert-OH is 2. The van der Waals surface area contributed by atoms with Crippen LogP contribution in [0.15, 0.2) is 37.1 Å². The molecule has 1 aliphatic carbocycles. The number of aromatic nitrogens is 3. The number of pyridine rings is 1. The molecule has 0 spiro atoms. The van der Waals surface area contributed by atoms with Crippen molar-refractivity contribution in [1.82, 2.24) is 19.9 Å². The molecule has 1 saturated carbocycles. The lowest BCUT2D eigenvalue weighted by Crippen LogP contribution is -2.35. The standard InChI is InChI=1S/C18H27N5O2/c1-22(6-7-24)18-3-2-14(11-21-18)10-20-16-8-15(9-17(16)25)12-23-5-4-19-13-23/h2-5,11,13,15-17,20,24-25H,6-10,12H2,1H3/t15?,16-,17-/m1/s1. The monoisotopic (exact) mass is 345 g/mol. The number of aliphatic hydroxyl groups is 2. The SMILES string of the molecule is CN(CCO)c1ccc(CN[C@@H]2CC(Cn3ccnc3)C[C@H]2O)cn1. The summed E-state index contributed by atoms with van der Waals surface area (Å²) in [6.07, 6.45) is 8.90. The minimum Gasteiger partial charge on any atom is -0.395 e. The van der Waals surface area contributed by atoms with E-state index >= 15 is 0 Å². The maximum Gasteiger partial charge on any atom is 0.128 e. The minimum absolute atomic E-state index is 0.112. The third-order valence-corrected chi connectivity index (χ3v) is 4.86. The maximum absolute atomic E-state index is 10.3. The predicted octanol–water partition coefficient (Wildman–Crippen LogP) is 0.636. The van der Waals surface area contributed by atoms with Crippen LogP contribution in [0.1, 0.15) is 18.4 Å². The van der Waals surface area contributed by atoms with E-state index < -0.39 is 0 Å². The Kier molecular flexibility index (Phi) is 6.01. The van der Waals surface area contributed by atoms with Gasteiger partial charge in [-0.05, 0) is 30.4 Å². The highest BCUT2D eigenvalue weighted by atomic mass is 16.3. The average molecular weight is 345 g/mol. The van der Waals surface area contributed by atoms with Crippen LogP contribution in [0.5, 0.6) is 0 Å². The third-order valence-electron chi connectivity index (χ3n) is 4.86. The van der Waals surface area contributed by atoms with Gasteiger partial charge in [-0.15, -0.1) is 0 Å². The van der Waals surface area contributed by atoms with Gasteiger partial charge in [0.05, 0.1) is 19.0 Å². The van der Waals surface area contributed by atoms with Crippen molar-refractivity contribution < 1.29 is 10.2 Å². The van der Waals surface area contributed by atoms with Crippen LogP contribution in [-0.2, 0) is 13.1 Å². The smallest absolute Gasteiger partial charge is 0.128 e. The van der Waals surface area contributed by atoms with Crippen LogP contribution < -0.4 is 10.2 Å². The van der Waals surface area contributed by atoms with E-state index in [2.05, 4.69) is 19.9 Å². The van der Waals surface area contributed by atoms with Crippen molar-refractivity contribution in [2.75, 3.05) is 25.1 Å². The molecular formula is C18H27N5O2. The molecule has 2 heterocycles. The highest BCUT2D eigenvalue weighted by Gasteiger charge is 2.32. The van der Waals surface area contributed by atoms with Crippen molar-refractivity contribution in [1.29, 1.82) is 0 Å². The number of nitrogens with one attached hydrogen (secondary N) is 1. The van der Waals surface area contributed by atoms with Gasteiger partial charge in [0.2, 0.25) is 0 Å². The van der Waals surface area contributed by atoms with E-state index in [-0.39, 0.29) is 18.8 Å².